The average molecular weight is 489 g/mol. The van der Waals surface area contributed by atoms with E-state index in [-0.39, 0.29) is 29.7 Å². The van der Waals surface area contributed by atoms with Crippen molar-refractivity contribution in [2.75, 3.05) is 7.11 Å². The molecule has 33 heavy (non-hydrogen) atoms. The zero-order valence-corrected chi connectivity index (χ0v) is 20.4. The molecule has 0 saturated heterocycles. The minimum Gasteiger partial charge on any atom is -0.468 e. The van der Waals surface area contributed by atoms with Crippen LogP contribution in [0, 0.1) is 6.92 Å². The molecule has 0 radical (unpaired) electrons. The Bertz CT molecular complexity index is 1370. The van der Waals surface area contributed by atoms with Crippen LogP contribution in [0.1, 0.15) is 47.4 Å². The topological polar surface area (TPSA) is 94.5 Å². The number of rotatable bonds is 6. The fraction of sp³-hybridized carbons (Fsp3) is 0.333. The van der Waals surface area contributed by atoms with Crippen LogP contribution >= 0.6 is 11.6 Å². The lowest BCUT2D eigenvalue weighted by atomic mass is 10.1. The van der Waals surface area contributed by atoms with Gasteiger partial charge in [-0.2, -0.15) is 0 Å². The minimum atomic E-state index is -3.85. The van der Waals surface area contributed by atoms with Crippen LogP contribution in [0.2, 0.25) is 5.02 Å². The first-order valence-electron chi connectivity index (χ1n) is 10.5. The summed E-state index contributed by atoms with van der Waals surface area (Å²) in [5.41, 5.74) is 3.08. The van der Waals surface area contributed by atoms with Gasteiger partial charge in [0.05, 0.1) is 28.6 Å². The van der Waals surface area contributed by atoms with Crippen LogP contribution in [0.15, 0.2) is 47.4 Å². The van der Waals surface area contributed by atoms with Gasteiger partial charge in [0.2, 0.25) is 0 Å². The molecule has 3 aromatic rings. The summed E-state index contributed by atoms with van der Waals surface area (Å²) in [7, 11) is -0.851. The number of nitrogens with zero attached hydrogens (tertiary/aromatic N) is 1. The third-order valence-electron chi connectivity index (χ3n) is 6.30. The molecule has 2 aromatic carbocycles. The van der Waals surface area contributed by atoms with Crippen LogP contribution in [-0.2, 0) is 26.4 Å². The highest BCUT2D eigenvalue weighted by molar-refractivity contribution is 7.94. The van der Waals surface area contributed by atoms with Gasteiger partial charge in [-0.3, -0.25) is 9.59 Å². The Labute approximate surface area is 197 Å². The molecule has 4 rings (SSSR count). The van der Waals surface area contributed by atoms with Gasteiger partial charge in [0.25, 0.3) is 5.91 Å². The van der Waals surface area contributed by atoms with Crippen molar-refractivity contribution in [1.82, 2.24) is 9.88 Å². The summed E-state index contributed by atoms with van der Waals surface area (Å²) in [6, 6.07) is 11.4. The first-order chi connectivity index (χ1) is 15.5. The minimum absolute atomic E-state index is 0.0615. The number of nitrogens with one attached hydrogen (secondary N) is 1. The molecule has 1 atom stereocenters. The van der Waals surface area contributed by atoms with Gasteiger partial charge >= 0.3 is 5.97 Å². The second kappa shape index (κ2) is 8.18. The number of carbonyl (C=O) groups is 2. The molecule has 1 unspecified atom stereocenters. The number of hydrogen-bond donors (Lipinski definition) is 1. The third kappa shape index (κ3) is 3.81. The van der Waals surface area contributed by atoms with Crippen LogP contribution in [-0.4, -0.2) is 36.7 Å². The fourth-order valence-electron chi connectivity index (χ4n) is 4.13. The van der Waals surface area contributed by atoms with E-state index in [2.05, 4.69) is 5.32 Å². The van der Waals surface area contributed by atoms with Gasteiger partial charge in [-0.1, -0.05) is 23.7 Å². The van der Waals surface area contributed by atoms with E-state index in [9.17, 15) is 18.0 Å². The Balaban J connectivity index is 1.54. The lowest BCUT2D eigenvalue weighted by Gasteiger charge is -2.17. The van der Waals surface area contributed by atoms with E-state index in [0.29, 0.717) is 10.7 Å². The van der Waals surface area contributed by atoms with Crippen molar-refractivity contribution in [3.63, 3.8) is 0 Å². The highest BCUT2D eigenvalue weighted by atomic mass is 35.5. The van der Waals surface area contributed by atoms with Crippen molar-refractivity contribution in [2.45, 2.75) is 42.4 Å². The average Bonchev–Trinajstić information content (AvgIpc) is 3.53. The number of aromatic nitrogens is 1. The zero-order valence-electron chi connectivity index (χ0n) is 18.8. The molecule has 0 bridgehead atoms. The Hall–Kier alpha value is -2.84. The largest absolute Gasteiger partial charge is 0.468 e. The van der Waals surface area contributed by atoms with Crippen LogP contribution in [0.25, 0.3) is 10.9 Å². The van der Waals surface area contributed by atoms with Gasteiger partial charge in [0, 0.05) is 12.4 Å². The molecule has 0 spiro atoms. The lowest BCUT2D eigenvalue weighted by molar-refractivity contribution is -0.140. The van der Waals surface area contributed by atoms with Crippen molar-refractivity contribution in [1.29, 1.82) is 0 Å². The summed E-state index contributed by atoms with van der Waals surface area (Å²) >= 11 is 6.35. The van der Waals surface area contributed by atoms with Crippen LogP contribution in [0.3, 0.4) is 0 Å². The smallest absolute Gasteiger partial charge is 0.327 e. The van der Waals surface area contributed by atoms with E-state index in [1.165, 1.54) is 19.2 Å². The molecule has 1 heterocycles. The van der Waals surface area contributed by atoms with Crippen LogP contribution in [0.4, 0.5) is 0 Å². The van der Waals surface area contributed by atoms with Crippen molar-refractivity contribution >= 4 is 44.2 Å². The second-order valence-corrected chi connectivity index (χ2v) is 11.2. The van der Waals surface area contributed by atoms with Gasteiger partial charge in [-0.05, 0) is 68.1 Å². The Morgan fingerprint density at radius 2 is 1.79 bits per heavy atom. The second-order valence-electron chi connectivity index (χ2n) is 8.52. The van der Waals surface area contributed by atoms with E-state index in [0.717, 1.165) is 22.0 Å². The summed E-state index contributed by atoms with van der Waals surface area (Å²) in [4.78, 5) is 25.0. The monoisotopic (exact) mass is 488 g/mol. The summed E-state index contributed by atoms with van der Waals surface area (Å²) in [6.07, 6.45) is 0.509. The van der Waals surface area contributed by atoms with Gasteiger partial charge in [0.15, 0.2) is 14.6 Å². The molecular weight excluding hydrogens is 464 g/mol. The Morgan fingerprint density at radius 3 is 2.36 bits per heavy atom. The number of carbonyl (C=O) groups excluding carboxylic acids is 2. The molecule has 1 aromatic heterocycles. The van der Waals surface area contributed by atoms with Gasteiger partial charge in [-0.15, -0.1) is 0 Å². The van der Waals surface area contributed by atoms with E-state index in [4.69, 9.17) is 16.3 Å². The molecular formula is C24H25ClN2O5S. The first-order valence-corrected chi connectivity index (χ1v) is 12.4. The summed E-state index contributed by atoms with van der Waals surface area (Å²) in [6.45, 7) is 3.76. The highest BCUT2D eigenvalue weighted by Crippen LogP contribution is 2.47. The molecule has 1 fully saturated rings. The number of benzene rings is 2. The molecule has 174 valence electrons. The van der Waals surface area contributed by atoms with Crippen molar-refractivity contribution in [3.8, 4) is 0 Å². The number of esters is 1. The summed E-state index contributed by atoms with van der Waals surface area (Å²) < 4.78 is 30.9. The van der Waals surface area contributed by atoms with Crippen molar-refractivity contribution in [2.24, 2.45) is 7.05 Å². The molecule has 1 aliphatic carbocycles. The normalized spacial score (nSPS) is 15.8. The number of amides is 1. The maximum atomic E-state index is 13.0. The predicted octanol–water partition coefficient (Wildman–Crippen LogP) is 4.11. The Kier molecular flexibility index (Phi) is 5.78. The zero-order chi connectivity index (χ0) is 24.1. The molecule has 1 aliphatic rings. The number of hydrogen-bond acceptors (Lipinski definition) is 5. The van der Waals surface area contributed by atoms with E-state index < -0.39 is 20.6 Å². The summed E-state index contributed by atoms with van der Waals surface area (Å²) in [5.74, 6) is -0.994. The molecule has 1 N–H and O–H groups in total. The number of halogens is 1. The number of aryl methyl sites for hydroxylation is 2. The number of ether oxygens (including phenoxy) is 1. The standard InChI is InChI=1S/C24H25ClN2O5S/c1-14-11-19(25)18-13-21(27(3)20(18)12-14)22(28)26-15(2)16-5-7-17(8-6-16)33(30,31)24(9-10-24)23(29)32-4/h5-8,11-13,15H,9-10H2,1-4H3,(H,26,28). The summed E-state index contributed by atoms with van der Waals surface area (Å²) in [5, 5.41) is 4.34. The van der Waals surface area contributed by atoms with E-state index in [1.54, 1.807) is 22.8 Å². The van der Waals surface area contributed by atoms with Crippen LogP contribution in [0.5, 0.6) is 0 Å². The molecule has 9 heteroatoms. The highest BCUT2D eigenvalue weighted by Gasteiger charge is 2.62. The van der Waals surface area contributed by atoms with Crippen molar-refractivity contribution in [3.05, 3.63) is 64.3 Å². The quantitative estimate of drug-likeness (QED) is 0.527. The van der Waals surface area contributed by atoms with Gasteiger partial charge < -0.3 is 14.6 Å². The van der Waals surface area contributed by atoms with Gasteiger partial charge in [0.1, 0.15) is 5.69 Å². The maximum absolute atomic E-state index is 13.0. The lowest BCUT2D eigenvalue weighted by Crippen LogP contribution is -2.33. The first kappa shape index (κ1) is 23.3. The van der Waals surface area contributed by atoms with E-state index >= 15 is 0 Å². The number of methoxy groups -OCH3 is 1. The van der Waals surface area contributed by atoms with E-state index in [1.807, 2.05) is 33.0 Å². The van der Waals surface area contributed by atoms with Gasteiger partial charge in [-0.25, -0.2) is 8.42 Å². The van der Waals surface area contributed by atoms with Crippen molar-refractivity contribution < 1.29 is 22.7 Å². The fourth-order valence-corrected chi connectivity index (χ4v) is 6.35. The molecule has 7 nitrogen and oxygen atoms in total. The molecule has 0 aliphatic heterocycles. The number of fused-ring (bicyclic) bond motifs is 1. The van der Waals surface area contributed by atoms with Crippen LogP contribution < -0.4 is 5.32 Å². The molecule has 1 saturated carbocycles. The Morgan fingerprint density at radius 1 is 1.15 bits per heavy atom. The third-order valence-corrected chi connectivity index (χ3v) is 9.11. The number of sulfone groups is 1. The SMILES string of the molecule is COC(=O)C1(S(=O)(=O)c2ccc(C(C)NC(=O)c3cc4c(Cl)cc(C)cc4n3C)cc2)CC1. The predicted molar refractivity (Wildman–Crippen MR) is 126 cm³/mol. The maximum Gasteiger partial charge on any atom is 0.327 e. The molecule has 1 amide bonds.